The average molecular weight is 240 g/mol. The van der Waals surface area contributed by atoms with Crippen LogP contribution in [0.2, 0.25) is 0 Å². The maximum Gasteiger partial charge on any atom is 0.322 e. The van der Waals surface area contributed by atoms with Crippen LogP contribution in [0.5, 0.6) is 11.5 Å². The Labute approximate surface area is 99.3 Å². The fourth-order valence-corrected chi connectivity index (χ4v) is 1.25. The quantitative estimate of drug-likeness (QED) is 0.671. The molecular weight excluding hydrogens is 224 g/mol. The Morgan fingerprint density at radius 2 is 2.18 bits per heavy atom. The highest BCUT2D eigenvalue weighted by Gasteiger charge is 2.12. The lowest BCUT2D eigenvalue weighted by Gasteiger charge is -2.13. The minimum atomic E-state index is -1.05. The Morgan fingerprint density at radius 1 is 1.47 bits per heavy atom. The third-order valence-electron chi connectivity index (χ3n) is 2.24. The molecule has 0 aliphatic carbocycles. The van der Waals surface area contributed by atoms with Crippen molar-refractivity contribution in [1.82, 2.24) is 0 Å². The minimum absolute atomic E-state index is 0.123. The number of nitrogens with two attached hydrogens (primary N) is 1. The normalized spacial score (nSPS) is 11.7. The molecule has 0 radical (unpaired) electrons. The van der Waals surface area contributed by atoms with E-state index < -0.39 is 12.0 Å². The molecule has 0 saturated heterocycles. The Hall–Kier alpha value is -1.95. The first-order valence-corrected chi connectivity index (χ1v) is 5.02. The number of carbonyl (C=O) groups is 1. The Kier molecular flexibility index (Phi) is 4.59. The number of rotatable bonds is 6. The maximum atomic E-state index is 10.6. The molecule has 17 heavy (non-hydrogen) atoms. The molecule has 6 heteroatoms. The van der Waals surface area contributed by atoms with E-state index in [4.69, 9.17) is 20.3 Å². The SMILES string of the molecule is COc1ccc(NCC(N)C(=O)O)c(OC)c1. The van der Waals surface area contributed by atoms with Crippen LogP contribution in [0.3, 0.4) is 0 Å². The summed E-state index contributed by atoms with van der Waals surface area (Å²) >= 11 is 0. The van der Waals surface area contributed by atoms with Gasteiger partial charge in [0, 0.05) is 12.6 Å². The highest BCUT2D eigenvalue weighted by atomic mass is 16.5. The first kappa shape index (κ1) is 13.1. The van der Waals surface area contributed by atoms with E-state index in [1.807, 2.05) is 0 Å². The van der Waals surface area contributed by atoms with Crippen molar-refractivity contribution in [1.29, 1.82) is 0 Å². The fraction of sp³-hybridized carbons (Fsp3) is 0.364. The number of carboxylic acid groups (broad SMARTS) is 1. The van der Waals surface area contributed by atoms with Crippen molar-refractivity contribution < 1.29 is 19.4 Å². The highest BCUT2D eigenvalue weighted by molar-refractivity contribution is 5.74. The molecule has 1 atom stereocenters. The highest BCUT2D eigenvalue weighted by Crippen LogP contribution is 2.28. The van der Waals surface area contributed by atoms with Gasteiger partial charge in [0.1, 0.15) is 17.5 Å². The molecule has 1 aromatic rings. The predicted molar refractivity (Wildman–Crippen MR) is 63.6 cm³/mol. The number of aliphatic carboxylic acids is 1. The molecule has 0 spiro atoms. The molecule has 1 aromatic carbocycles. The van der Waals surface area contributed by atoms with E-state index in [-0.39, 0.29) is 6.54 Å². The molecule has 0 fully saturated rings. The molecule has 0 heterocycles. The number of anilines is 1. The number of hydrogen-bond donors (Lipinski definition) is 3. The van der Waals surface area contributed by atoms with Gasteiger partial charge in [-0.3, -0.25) is 4.79 Å². The van der Waals surface area contributed by atoms with Crippen molar-refractivity contribution in [2.24, 2.45) is 5.73 Å². The second-order valence-corrected chi connectivity index (χ2v) is 3.39. The Balaban J connectivity index is 2.73. The number of benzene rings is 1. The molecule has 1 rings (SSSR count). The van der Waals surface area contributed by atoms with Crippen LogP contribution >= 0.6 is 0 Å². The van der Waals surface area contributed by atoms with Gasteiger partial charge in [0.15, 0.2) is 0 Å². The van der Waals surface area contributed by atoms with Gasteiger partial charge in [-0.1, -0.05) is 0 Å². The molecule has 0 bridgehead atoms. The zero-order chi connectivity index (χ0) is 12.8. The van der Waals surface area contributed by atoms with Gasteiger partial charge in [-0.05, 0) is 12.1 Å². The van der Waals surface area contributed by atoms with Gasteiger partial charge in [-0.25, -0.2) is 0 Å². The predicted octanol–water partition coefficient (Wildman–Crippen LogP) is 0.528. The number of hydrogen-bond acceptors (Lipinski definition) is 5. The molecule has 1 unspecified atom stereocenters. The smallest absolute Gasteiger partial charge is 0.322 e. The first-order chi connectivity index (χ1) is 8.08. The summed E-state index contributed by atoms with van der Waals surface area (Å²) < 4.78 is 10.2. The lowest BCUT2D eigenvalue weighted by atomic mass is 10.2. The zero-order valence-corrected chi connectivity index (χ0v) is 9.77. The topological polar surface area (TPSA) is 93.8 Å². The van der Waals surface area contributed by atoms with Gasteiger partial charge in [-0.2, -0.15) is 0 Å². The van der Waals surface area contributed by atoms with Crippen molar-refractivity contribution in [2.45, 2.75) is 6.04 Å². The van der Waals surface area contributed by atoms with Gasteiger partial charge in [0.05, 0.1) is 19.9 Å². The Bertz CT molecular complexity index is 395. The average Bonchev–Trinajstić information content (AvgIpc) is 2.35. The van der Waals surface area contributed by atoms with E-state index >= 15 is 0 Å². The molecule has 6 nitrogen and oxygen atoms in total. The van der Waals surface area contributed by atoms with E-state index in [1.165, 1.54) is 7.11 Å². The van der Waals surface area contributed by atoms with Crippen LogP contribution in [0.1, 0.15) is 0 Å². The number of nitrogens with one attached hydrogen (secondary N) is 1. The van der Waals surface area contributed by atoms with Crippen molar-refractivity contribution >= 4 is 11.7 Å². The molecule has 0 amide bonds. The molecular formula is C11H16N2O4. The van der Waals surface area contributed by atoms with Crippen LogP contribution in [-0.4, -0.2) is 37.9 Å². The Morgan fingerprint density at radius 3 is 2.71 bits per heavy atom. The van der Waals surface area contributed by atoms with Crippen molar-refractivity contribution in [3.8, 4) is 11.5 Å². The molecule has 0 saturated carbocycles. The van der Waals surface area contributed by atoms with Gasteiger partial charge in [0.25, 0.3) is 0 Å². The fourth-order valence-electron chi connectivity index (χ4n) is 1.25. The summed E-state index contributed by atoms with van der Waals surface area (Å²) in [7, 11) is 3.08. The minimum Gasteiger partial charge on any atom is -0.497 e. The first-order valence-electron chi connectivity index (χ1n) is 5.02. The number of methoxy groups -OCH3 is 2. The van der Waals surface area contributed by atoms with Crippen molar-refractivity contribution in [3.05, 3.63) is 18.2 Å². The van der Waals surface area contributed by atoms with Crippen LogP contribution < -0.4 is 20.5 Å². The lowest BCUT2D eigenvalue weighted by Crippen LogP contribution is -2.36. The van der Waals surface area contributed by atoms with Gasteiger partial charge in [0.2, 0.25) is 0 Å². The second kappa shape index (κ2) is 5.95. The molecule has 0 aliphatic rings. The second-order valence-electron chi connectivity index (χ2n) is 3.39. The van der Waals surface area contributed by atoms with Crippen LogP contribution in [-0.2, 0) is 4.79 Å². The molecule has 0 aliphatic heterocycles. The van der Waals surface area contributed by atoms with E-state index in [9.17, 15) is 4.79 Å². The van der Waals surface area contributed by atoms with E-state index in [0.29, 0.717) is 17.2 Å². The summed E-state index contributed by atoms with van der Waals surface area (Å²) in [6.07, 6.45) is 0. The summed E-state index contributed by atoms with van der Waals surface area (Å²) in [6.45, 7) is 0.123. The van der Waals surface area contributed by atoms with Gasteiger partial charge >= 0.3 is 5.97 Å². The molecule has 0 aromatic heterocycles. The molecule has 4 N–H and O–H groups in total. The zero-order valence-electron chi connectivity index (χ0n) is 9.77. The van der Waals surface area contributed by atoms with Crippen LogP contribution in [0.15, 0.2) is 18.2 Å². The van der Waals surface area contributed by atoms with Crippen molar-refractivity contribution in [3.63, 3.8) is 0 Å². The summed E-state index contributed by atoms with van der Waals surface area (Å²) in [6, 6.07) is 4.24. The summed E-state index contributed by atoms with van der Waals surface area (Å²) in [5.41, 5.74) is 6.06. The van der Waals surface area contributed by atoms with Crippen LogP contribution in [0.4, 0.5) is 5.69 Å². The summed E-state index contributed by atoms with van der Waals surface area (Å²) in [5, 5.41) is 11.6. The summed E-state index contributed by atoms with van der Waals surface area (Å²) in [4.78, 5) is 10.6. The van der Waals surface area contributed by atoms with E-state index in [1.54, 1.807) is 25.3 Å². The number of carboxylic acids is 1. The van der Waals surface area contributed by atoms with Crippen LogP contribution in [0, 0.1) is 0 Å². The molecule has 94 valence electrons. The standard InChI is InChI=1S/C11H16N2O4/c1-16-7-3-4-9(10(5-7)17-2)13-6-8(12)11(14)15/h3-5,8,13H,6,12H2,1-2H3,(H,14,15). The maximum absolute atomic E-state index is 10.6. The van der Waals surface area contributed by atoms with Gasteiger partial charge < -0.3 is 25.6 Å². The summed E-state index contributed by atoms with van der Waals surface area (Å²) in [5.74, 6) is 0.182. The van der Waals surface area contributed by atoms with Crippen LogP contribution in [0.25, 0.3) is 0 Å². The van der Waals surface area contributed by atoms with Gasteiger partial charge in [-0.15, -0.1) is 0 Å². The number of ether oxygens (including phenoxy) is 2. The third kappa shape index (κ3) is 3.53. The third-order valence-corrected chi connectivity index (χ3v) is 2.24. The largest absolute Gasteiger partial charge is 0.497 e. The lowest BCUT2D eigenvalue weighted by molar-refractivity contribution is -0.138. The van der Waals surface area contributed by atoms with E-state index in [0.717, 1.165) is 0 Å². The van der Waals surface area contributed by atoms with Crippen molar-refractivity contribution in [2.75, 3.05) is 26.1 Å². The van der Waals surface area contributed by atoms with E-state index in [2.05, 4.69) is 5.32 Å². The monoisotopic (exact) mass is 240 g/mol.